The second-order valence-electron chi connectivity index (χ2n) is 8.78. The topological polar surface area (TPSA) is 52.5 Å². The number of fused-ring (bicyclic) bond motifs is 6. The molecule has 2 atom stereocenters. The average molecular weight is 483 g/mol. The Balaban J connectivity index is 1.53. The van der Waals surface area contributed by atoms with Crippen LogP contribution in [0.5, 0.6) is 0 Å². The Bertz CT molecular complexity index is 1390. The van der Waals surface area contributed by atoms with E-state index in [4.69, 9.17) is 9.98 Å². The summed E-state index contributed by atoms with van der Waals surface area (Å²) in [7, 11) is 0. The van der Waals surface area contributed by atoms with Crippen LogP contribution in [-0.4, -0.2) is 27.3 Å². The molecule has 5 heteroatoms. The van der Waals surface area contributed by atoms with Crippen LogP contribution in [-0.2, 0) is 0 Å². The lowest BCUT2D eigenvalue weighted by atomic mass is 9.66. The van der Waals surface area contributed by atoms with Gasteiger partial charge in [-0.2, -0.15) is 0 Å². The quantitative estimate of drug-likeness (QED) is 0.617. The van der Waals surface area contributed by atoms with Crippen LogP contribution in [0.2, 0.25) is 0 Å². The van der Waals surface area contributed by atoms with E-state index in [1.54, 1.807) is 0 Å². The number of aromatic nitrogens is 1. The summed E-state index contributed by atoms with van der Waals surface area (Å²) in [6.45, 7) is 0. The van der Waals surface area contributed by atoms with Crippen molar-refractivity contribution in [3.05, 3.63) is 107 Å². The fourth-order valence-electron chi connectivity index (χ4n) is 4.94. The standard InChI is InChI=1S/C27H23BrN4/c28-18-26(11-2-1-3-12-26)27-13-10-24(32-27)16-23-7-6-20(30-23)14-19-4-5-21(29-19)15-22-8-9-25(17-27)31-22/h1-11,14-17,29,32H,12-13,18H2/b19-14-,21-15-,23-16-,25-17-. The molecule has 0 amide bonds. The van der Waals surface area contributed by atoms with Crippen molar-refractivity contribution in [3.8, 4) is 0 Å². The van der Waals surface area contributed by atoms with Crippen LogP contribution in [0.3, 0.4) is 0 Å². The van der Waals surface area contributed by atoms with E-state index in [1.165, 1.54) is 0 Å². The molecule has 6 rings (SSSR count). The number of halogens is 1. The summed E-state index contributed by atoms with van der Waals surface area (Å²) < 4.78 is 0. The molecule has 1 aromatic rings. The number of H-pyrrole nitrogens is 1. The molecule has 0 spiro atoms. The number of allylic oxidation sites excluding steroid dienone is 8. The SMILES string of the molecule is BrCC1(C23/C=C4/C=CC(=N4)/C=c4/cc/c([nH]4)=C/C4=NC(=C\C(=CC2)N3)/C=C4)C=CC=CC1. The fraction of sp³-hybridized carbons (Fsp3) is 0.185. The molecule has 4 nitrogen and oxygen atoms in total. The van der Waals surface area contributed by atoms with Gasteiger partial charge in [-0.3, -0.25) is 0 Å². The number of rotatable bonds is 2. The molecule has 2 N–H and O–H groups in total. The van der Waals surface area contributed by atoms with Gasteiger partial charge in [0.2, 0.25) is 0 Å². The lowest BCUT2D eigenvalue weighted by Crippen LogP contribution is -2.54. The highest BCUT2D eigenvalue weighted by atomic mass is 79.9. The molecule has 0 aromatic carbocycles. The van der Waals surface area contributed by atoms with Gasteiger partial charge in [-0.05, 0) is 73.6 Å². The van der Waals surface area contributed by atoms with Crippen LogP contribution in [0, 0.1) is 5.41 Å². The highest BCUT2D eigenvalue weighted by molar-refractivity contribution is 9.09. The van der Waals surface area contributed by atoms with Crippen molar-refractivity contribution >= 4 is 39.5 Å². The molecule has 0 radical (unpaired) electrons. The van der Waals surface area contributed by atoms with E-state index in [2.05, 4.69) is 117 Å². The van der Waals surface area contributed by atoms with Crippen LogP contribution in [0.15, 0.2) is 106 Å². The molecular formula is C27H23BrN4. The number of nitrogens with zero attached hydrogens (tertiary/aromatic N) is 2. The number of aliphatic imine (C=N–C) groups is 2. The molecule has 0 saturated carbocycles. The summed E-state index contributed by atoms with van der Waals surface area (Å²) in [4.78, 5) is 13.2. The maximum atomic E-state index is 4.92. The van der Waals surface area contributed by atoms with E-state index in [-0.39, 0.29) is 11.0 Å². The van der Waals surface area contributed by atoms with Gasteiger partial charge in [-0.1, -0.05) is 46.3 Å². The summed E-state index contributed by atoms with van der Waals surface area (Å²) >= 11 is 3.84. The van der Waals surface area contributed by atoms with Crippen molar-refractivity contribution in [2.45, 2.75) is 18.4 Å². The third-order valence-corrected chi connectivity index (χ3v) is 7.69. The average Bonchev–Trinajstić information content (AvgIpc) is 3.60. The molecule has 1 aromatic heterocycles. The van der Waals surface area contributed by atoms with Gasteiger partial charge in [-0.15, -0.1) is 0 Å². The Morgan fingerprint density at radius 2 is 1.62 bits per heavy atom. The van der Waals surface area contributed by atoms with E-state index in [9.17, 15) is 0 Å². The normalized spacial score (nSPS) is 34.8. The first-order valence-electron chi connectivity index (χ1n) is 10.9. The number of alkyl halides is 1. The summed E-state index contributed by atoms with van der Waals surface area (Å²) in [5, 5.41) is 6.78. The first-order valence-corrected chi connectivity index (χ1v) is 12.0. The van der Waals surface area contributed by atoms with E-state index >= 15 is 0 Å². The molecular weight excluding hydrogens is 460 g/mol. The van der Waals surface area contributed by atoms with Crippen molar-refractivity contribution in [1.29, 1.82) is 0 Å². The van der Waals surface area contributed by atoms with Gasteiger partial charge in [0.25, 0.3) is 0 Å². The van der Waals surface area contributed by atoms with Gasteiger partial charge < -0.3 is 10.3 Å². The van der Waals surface area contributed by atoms with Crippen molar-refractivity contribution in [1.82, 2.24) is 10.3 Å². The van der Waals surface area contributed by atoms with Crippen molar-refractivity contribution in [3.63, 3.8) is 0 Å². The highest BCUT2D eigenvalue weighted by Crippen LogP contribution is 2.47. The van der Waals surface area contributed by atoms with Crippen LogP contribution in [0.25, 0.3) is 12.2 Å². The molecule has 8 bridgehead atoms. The number of nitrogens with one attached hydrogen (secondary N) is 2. The van der Waals surface area contributed by atoms with E-state index in [0.29, 0.717) is 0 Å². The second-order valence-corrected chi connectivity index (χ2v) is 9.34. The summed E-state index contributed by atoms with van der Waals surface area (Å²) in [6, 6.07) is 4.15. The number of aromatic amines is 1. The van der Waals surface area contributed by atoms with Gasteiger partial charge in [0, 0.05) is 27.1 Å². The van der Waals surface area contributed by atoms with Crippen LogP contribution >= 0.6 is 15.9 Å². The lowest BCUT2D eigenvalue weighted by molar-refractivity contribution is 0.239. The molecule has 1 aliphatic carbocycles. The third-order valence-electron chi connectivity index (χ3n) is 6.68. The molecule has 0 fully saturated rings. The van der Waals surface area contributed by atoms with E-state index < -0.39 is 0 Å². The van der Waals surface area contributed by atoms with Gasteiger partial charge >= 0.3 is 0 Å². The first-order chi connectivity index (χ1) is 15.7. The van der Waals surface area contributed by atoms with Crippen LogP contribution in [0.4, 0.5) is 0 Å². The number of hydrogen-bond acceptors (Lipinski definition) is 3. The zero-order valence-corrected chi connectivity index (χ0v) is 19.1. The zero-order chi connectivity index (χ0) is 21.6. The maximum absolute atomic E-state index is 4.92. The van der Waals surface area contributed by atoms with Crippen LogP contribution < -0.4 is 16.0 Å². The third kappa shape index (κ3) is 3.28. The summed E-state index contributed by atoms with van der Waals surface area (Å²) in [5.41, 5.74) is 4.54. The summed E-state index contributed by atoms with van der Waals surface area (Å²) in [6.07, 6.45) is 29.9. The minimum absolute atomic E-state index is 0.102. The molecule has 0 saturated heterocycles. The van der Waals surface area contributed by atoms with Gasteiger partial charge in [0.1, 0.15) is 0 Å². The summed E-state index contributed by atoms with van der Waals surface area (Å²) in [5.74, 6) is 0. The highest BCUT2D eigenvalue weighted by Gasteiger charge is 2.49. The fourth-order valence-corrected chi connectivity index (χ4v) is 5.86. The minimum Gasteiger partial charge on any atom is -0.375 e. The predicted octanol–water partition coefficient (Wildman–Crippen LogP) is 3.89. The lowest BCUT2D eigenvalue weighted by Gasteiger charge is -2.46. The molecule has 4 aliphatic heterocycles. The minimum atomic E-state index is -0.291. The Morgan fingerprint density at radius 1 is 0.875 bits per heavy atom. The Kier molecular flexibility index (Phi) is 4.54. The molecule has 158 valence electrons. The molecule has 32 heavy (non-hydrogen) atoms. The second kappa shape index (κ2) is 7.45. The number of hydrogen-bond donors (Lipinski definition) is 2. The van der Waals surface area contributed by atoms with Crippen molar-refractivity contribution in [2.75, 3.05) is 5.33 Å². The van der Waals surface area contributed by atoms with Gasteiger partial charge in [-0.25, -0.2) is 9.98 Å². The first kappa shape index (κ1) is 19.5. The van der Waals surface area contributed by atoms with Crippen molar-refractivity contribution in [2.24, 2.45) is 15.4 Å². The molecule has 5 heterocycles. The van der Waals surface area contributed by atoms with E-state index in [1.807, 2.05) is 0 Å². The Hall–Kier alpha value is -3.18. The largest absolute Gasteiger partial charge is 0.375 e. The maximum Gasteiger partial charge on any atom is 0.0716 e. The van der Waals surface area contributed by atoms with Gasteiger partial charge in [0.05, 0.1) is 28.4 Å². The van der Waals surface area contributed by atoms with Gasteiger partial charge in [0.15, 0.2) is 0 Å². The Morgan fingerprint density at radius 3 is 2.34 bits per heavy atom. The molecule has 2 unspecified atom stereocenters. The molecule has 5 aliphatic rings. The van der Waals surface area contributed by atoms with Crippen molar-refractivity contribution < 1.29 is 0 Å². The monoisotopic (exact) mass is 482 g/mol. The smallest absolute Gasteiger partial charge is 0.0716 e. The van der Waals surface area contributed by atoms with Crippen LogP contribution in [0.1, 0.15) is 12.8 Å². The Labute approximate surface area is 195 Å². The zero-order valence-electron chi connectivity index (χ0n) is 17.6. The predicted molar refractivity (Wildman–Crippen MR) is 136 cm³/mol. The van der Waals surface area contributed by atoms with E-state index in [0.717, 1.165) is 57.4 Å².